The molecule has 3 aromatic rings. The Labute approximate surface area is 140 Å². The van der Waals surface area contributed by atoms with Crippen molar-refractivity contribution in [3.05, 3.63) is 41.7 Å². The minimum absolute atomic E-state index is 0.574. The fraction of sp³-hybridized carbons (Fsp3) is 0.333. The first-order valence-corrected chi connectivity index (χ1v) is 8.11. The fourth-order valence-electron chi connectivity index (χ4n) is 3.01. The van der Waals surface area contributed by atoms with E-state index in [1.54, 1.807) is 7.11 Å². The summed E-state index contributed by atoms with van der Waals surface area (Å²) in [5.74, 6) is 2.40. The molecule has 0 radical (unpaired) electrons. The summed E-state index contributed by atoms with van der Waals surface area (Å²) in [6, 6.07) is 10.1. The van der Waals surface area contributed by atoms with E-state index in [1.807, 2.05) is 18.2 Å². The number of nitrogens with one attached hydrogen (secondary N) is 1. The van der Waals surface area contributed by atoms with Crippen LogP contribution in [0.1, 0.15) is 17.8 Å². The molecule has 0 unspecified atom stereocenters. The number of pyridine rings is 1. The van der Waals surface area contributed by atoms with Crippen molar-refractivity contribution in [2.75, 3.05) is 25.2 Å². The molecule has 0 amide bonds. The van der Waals surface area contributed by atoms with Gasteiger partial charge in [0.15, 0.2) is 5.65 Å². The number of nitrogens with zero attached hydrogens (tertiary/aromatic N) is 3. The van der Waals surface area contributed by atoms with Crippen molar-refractivity contribution in [2.24, 2.45) is 0 Å². The number of aromatic amines is 1. The van der Waals surface area contributed by atoms with Crippen LogP contribution in [0, 0.1) is 6.92 Å². The Morgan fingerprint density at radius 3 is 3.04 bits per heavy atom. The first kappa shape index (κ1) is 14.8. The van der Waals surface area contributed by atoms with Crippen molar-refractivity contribution in [1.29, 1.82) is 0 Å². The summed E-state index contributed by atoms with van der Waals surface area (Å²) in [6.07, 6.45) is 0.986. The summed E-state index contributed by atoms with van der Waals surface area (Å²) in [5, 5.41) is 0. The van der Waals surface area contributed by atoms with Crippen molar-refractivity contribution in [3.8, 4) is 11.6 Å². The summed E-state index contributed by atoms with van der Waals surface area (Å²) >= 11 is 0. The van der Waals surface area contributed by atoms with Crippen LogP contribution < -0.4 is 14.4 Å². The molecule has 1 aliphatic rings. The van der Waals surface area contributed by atoms with Crippen LogP contribution in [0.4, 0.5) is 5.69 Å². The molecule has 6 nitrogen and oxygen atoms in total. The molecule has 0 atom stereocenters. The van der Waals surface area contributed by atoms with Gasteiger partial charge in [0.05, 0.1) is 31.5 Å². The van der Waals surface area contributed by atoms with Crippen LogP contribution in [-0.4, -0.2) is 35.2 Å². The van der Waals surface area contributed by atoms with E-state index in [4.69, 9.17) is 9.47 Å². The van der Waals surface area contributed by atoms with Crippen LogP contribution in [-0.2, 0) is 6.54 Å². The van der Waals surface area contributed by atoms with Gasteiger partial charge in [0.1, 0.15) is 11.6 Å². The molecule has 2 aromatic heterocycles. The summed E-state index contributed by atoms with van der Waals surface area (Å²) in [5.41, 5.74) is 3.94. The number of aromatic nitrogens is 3. The molecule has 1 N–H and O–H groups in total. The van der Waals surface area contributed by atoms with Crippen LogP contribution in [0.15, 0.2) is 30.3 Å². The summed E-state index contributed by atoms with van der Waals surface area (Å²) in [4.78, 5) is 14.6. The van der Waals surface area contributed by atoms with Crippen LogP contribution in [0.2, 0.25) is 0 Å². The number of hydrogen-bond donors (Lipinski definition) is 1. The quantitative estimate of drug-likeness (QED) is 0.802. The Balaban J connectivity index is 1.66. The molecule has 0 bridgehead atoms. The fourth-order valence-corrected chi connectivity index (χ4v) is 3.01. The average Bonchev–Trinajstić information content (AvgIpc) is 2.89. The van der Waals surface area contributed by atoms with E-state index in [2.05, 4.69) is 38.9 Å². The van der Waals surface area contributed by atoms with Crippen molar-refractivity contribution >= 4 is 16.9 Å². The SMILES string of the molecule is COc1ccc2[nH]c(CN3CCCOc4ccc(C)cc43)nc2n1. The van der Waals surface area contributed by atoms with Crippen molar-refractivity contribution in [2.45, 2.75) is 19.9 Å². The number of fused-ring (bicyclic) bond motifs is 2. The van der Waals surface area contributed by atoms with Crippen LogP contribution in [0.25, 0.3) is 11.2 Å². The topological polar surface area (TPSA) is 63.3 Å². The van der Waals surface area contributed by atoms with Crippen molar-refractivity contribution < 1.29 is 9.47 Å². The van der Waals surface area contributed by atoms with Gasteiger partial charge < -0.3 is 19.4 Å². The Morgan fingerprint density at radius 1 is 1.25 bits per heavy atom. The Kier molecular flexibility index (Phi) is 3.72. The van der Waals surface area contributed by atoms with Gasteiger partial charge in [0.2, 0.25) is 5.88 Å². The van der Waals surface area contributed by atoms with Crippen molar-refractivity contribution in [1.82, 2.24) is 15.0 Å². The largest absolute Gasteiger partial charge is 0.491 e. The summed E-state index contributed by atoms with van der Waals surface area (Å²) in [7, 11) is 1.61. The number of H-pyrrole nitrogens is 1. The van der Waals surface area contributed by atoms with E-state index in [1.165, 1.54) is 5.56 Å². The standard InChI is InChI=1S/C18H20N4O2/c1-12-4-6-15-14(10-12)22(8-3-9-24-15)11-16-19-13-5-7-17(23-2)21-18(13)20-16/h4-7,10H,3,8-9,11H2,1-2H3,(H,19,20,21). The molecule has 6 heteroatoms. The Bertz CT molecular complexity index is 875. The second kappa shape index (κ2) is 6.03. The minimum atomic E-state index is 0.574. The second-order valence-corrected chi connectivity index (χ2v) is 6.00. The maximum absolute atomic E-state index is 5.86. The molecular formula is C18H20N4O2. The number of anilines is 1. The highest BCUT2D eigenvalue weighted by atomic mass is 16.5. The third kappa shape index (κ3) is 2.75. The summed E-state index contributed by atoms with van der Waals surface area (Å²) in [6.45, 7) is 4.47. The maximum Gasteiger partial charge on any atom is 0.215 e. The zero-order valence-electron chi connectivity index (χ0n) is 13.9. The van der Waals surface area contributed by atoms with Crippen LogP contribution >= 0.6 is 0 Å². The molecule has 24 heavy (non-hydrogen) atoms. The molecular weight excluding hydrogens is 304 g/mol. The highest BCUT2D eigenvalue weighted by molar-refractivity contribution is 5.71. The molecule has 0 spiro atoms. The zero-order valence-corrected chi connectivity index (χ0v) is 13.9. The Hall–Kier alpha value is -2.76. The van der Waals surface area contributed by atoms with E-state index < -0.39 is 0 Å². The highest BCUT2D eigenvalue weighted by Crippen LogP contribution is 2.32. The van der Waals surface area contributed by atoms with Gasteiger partial charge in [-0.05, 0) is 37.1 Å². The molecule has 3 heterocycles. The second-order valence-electron chi connectivity index (χ2n) is 6.00. The summed E-state index contributed by atoms with van der Waals surface area (Å²) < 4.78 is 11.0. The van der Waals surface area contributed by atoms with Crippen molar-refractivity contribution in [3.63, 3.8) is 0 Å². The molecule has 0 fully saturated rings. The van der Waals surface area contributed by atoms with Crippen LogP contribution in [0.3, 0.4) is 0 Å². The van der Waals surface area contributed by atoms with Crippen LogP contribution in [0.5, 0.6) is 11.6 Å². The van der Waals surface area contributed by atoms with Gasteiger partial charge in [-0.2, -0.15) is 4.98 Å². The molecule has 0 saturated heterocycles. The van der Waals surface area contributed by atoms with Gasteiger partial charge in [0, 0.05) is 12.6 Å². The maximum atomic E-state index is 5.86. The molecule has 1 aromatic carbocycles. The number of rotatable bonds is 3. The minimum Gasteiger partial charge on any atom is -0.491 e. The lowest BCUT2D eigenvalue weighted by molar-refractivity contribution is 0.322. The van der Waals surface area contributed by atoms with Gasteiger partial charge in [-0.3, -0.25) is 0 Å². The average molecular weight is 324 g/mol. The molecule has 1 aliphatic heterocycles. The number of benzene rings is 1. The predicted octanol–water partition coefficient (Wildman–Crippen LogP) is 3.06. The smallest absolute Gasteiger partial charge is 0.215 e. The molecule has 0 aliphatic carbocycles. The normalized spacial score (nSPS) is 14.2. The highest BCUT2D eigenvalue weighted by Gasteiger charge is 2.18. The number of aryl methyl sites for hydroxylation is 1. The third-order valence-corrected chi connectivity index (χ3v) is 4.20. The first-order chi connectivity index (χ1) is 11.7. The number of ether oxygens (including phenoxy) is 2. The predicted molar refractivity (Wildman–Crippen MR) is 92.8 cm³/mol. The number of hydrogen-bond acceptors (Lipinski definition) is 5. The zero-order chi connectivity index (χ0) is 16.5. The van der Waals surface area contributed by atoms with Gasteiger partial charge in [-0.25, -0.2) is 4.98 Å². The van der Waals surface area contributed by atoms with Gasteiger partial charge >= 0.3 is 0 Å². The Morgan fingerprint density at radius 2 is 2.17 bits per heavy atom. The molecule has 4 rings (SSSR count). The van der Waals surface area contributed by atoms with E-state index in [0.717, 1.165) is 42.4 Å². The lowest BCUT2D eigenvalue weighted by Crippen LogP contribution is -2.24. The lowest BCUT2D eigenvalue weighted by Gasteiger charge is -2.23. The molecule has 0 saturated carbocycles. The van der Waals surface area contributed by atoms with E-state index in [-0.39, 0.29) is 0 Å². The number of imidazole rings is 1. The number of methoxy groups -OCH3 is 1. The van der Waals surface area contributed by atoms with E-state index in [9.17, 15) is 0 Å². The first-order valence-electron chi connectivity index (χ1n) is 8.11. The van der Waals surface area contributed by atoms with Gasteiger partial charge in [-0.15, -0.1) is 0 Å². The van der Waals surface area contributed by atoms with E-state index in [0.29, 0.717) is 18.1 Å². The lowest BCUT2D eigenvalue weighted by atomic mass is 10.2. The molecule has 124 valence electrons. The monoisotopic (exact) mass is 324 g/mol. The van der Waals surface area contributed by atoms with Gasteiger partial charge in [-0.1, -0.05) is 6.07 Å². The van der Waals surface area contributed by atoms with E-state index >= 15 is 0 Å². The third-order valence-electron chi connectivity index (χ3n) is 4.20. The van der Waals surface area contributed by atoms with Gasteiger partial charge in [0.25, 0.3) is 0 Å².